The summed E-state index contributed by atoms with van der Waals surface area (Å²) >= 11 is 0. The molecule has 16 heavy (non-hydrogen) atoms. The van der Waals surface area contributed by atoms with Crippen molar-refractivity contribution in [1.29, 1.82) is 0 Å². The van der Waals surface area contributed by atoms with Crippen LogP contribution in [0.5, 0.6) is 5.75 Å². The molecular formula is C14H21NO. The minimum Gasteiger partial charge on any atom is -0.508 e. The Morgan fingerprint density at radius 3 is 2.81 bits per heavy atom. The molecule has 2 N–H and O–H groups in total. The van der Waals surface area contributed by atoms with Gasteiger partial charge in [0.05, 0.1) is 0 Å². The zero-order chi connectivity index (χ0) is 11.7. The molecule has 1 aliphatic carbocycles. The topological polar surface area (TPSA) is 32.3 Å². The van der Waals surface area contributed by atoms with Crippen LogP contribution in [0.25, 0.3) is 0 Å². The van der Waals surface area contributed by atoms with Crippen molar-refractivity contribution in [2.24, 2.45) is 11.8 Å². The molecule has 1 aromatic rings. The van der Waals surface area contributed by atoms with Gasteiger partial charge in [0.15, 0.2) is 0 Å². The summed E-state index contributed by atoms with van der Waals surface area (Å²) < 4.78 is 0. The van der Waals surface area contributed by atoms with E-state index in [9.17, 15) is 5.11 Å². The lowest BCUT2D eigenvalue weighted by atomic mass is 10.0. The van der Waals surface area contributed by atoms with E-state index in [0.717, 1.165) is 23.9 Å². The predicted molar refractivity (Wildman–Crippen MR) is 66.5 cm³/mol. The van der Waals surface area contributed by atoms with Gasteiger partial charge in [-0.15, -0.1) is 0 Å². The minimum absolute atomic E-state index is 0.229. The van der Waals surface area contributed by atoms with E-state index in [1.54, 1.807) is 6.07 Å². The van der Waals surface area contributed by atoms with Crippen molar-refractivity contribution in [2.75, 3.05) is 6.54 Å². The van der Waals surface area contributed by atoms with E-state index in [1.165, 1.54) is 12.0 Å². The average molecular weight is 219 g/mol. The number of phenolic OH excluding ortho intramolecular Hbond substituents is 1. The number of phenols is 1. The van der Waals surface area contributed by atoms with Crippen LogP contribution in [0.4, 0.5) is 0 Å². The number of nitrogens with one attached hydrogen (secondary N) is 1. The van der Waals surface area contributed by atoms with Crippen molar-refractivity contribution < 1.29 is 5.11 Å². The number of benzene rings is 1. The van der Waals surface area contributed by atoms with E-state index in [2.05, 4.69) is 32.2 Å². The molecule has 2 nitrogen and oxygen atoms in total. The Morgan fingerprint density at radius 2 is 2.19 bits per heavy atom. The Labute approximate surface area is 97.7 Å². The average Bonchev–Trinajstić information content (AvgIpc) is 2.95. The van der Waals surface area contributed by atoms with Crippen molar-refractivity contribution in [3.8, 4) is 5.75 Å². The summed E-state index contributed by atoms with van der Waals surface area (Å²) in [5.41, 5.74) is 2.20. The van der Waals surface area contributed by atoms with Gasteiger partial charge < -0.3 is 10.4 Å². The van der Waals surface area contributed by atoms with Crippen molar-refractivity contribution in [2.45, 2.75) is 33.2 Å². The molecule has 1 aliphatic rings. The first kappa shape index (κ1) is 11.5. The van der Waals surface area contributed by atoms with Crippen LogP contribution in [-0.4, -0.2) is 11.7 Å². The van der Waals surface area contributed by atoms with Crippen LogP contribution in [0.3, 0.4) is 0 Å². The highest BCUT2D eigenvalue weighted by Crippen LogP contribution is 2.37. The van der Waals surface area contributed by atoms with Gasteiger partial charge in [-0.1, -0.05) is 24.6 Å². The number of aryl methyl sites for hydroxylation is 1. The fourth-order valence-corrected chi connectivity index (χ4v) is 2.14. The molecule has 1 fully saturated rings. The van der Waals surface area contributed by atoms with E-state index in [-0.39, 0.29) is 6.04 Å². The van der Waals surface area contributed by atoms with Gasteiger partial charge in [0, 0.05) is 11.6 Å². The monoisotopic (exact) mass is 219 g/mol. The standard InChI is InChI=1S/C14H21NO/c1-9-4-5-14(16)13(6-9)11(3)15-8-12-7-10(12)2/h4-6,10-12,15-16H,7-8H2,1-3H3. The quantitative estimate of drug-likeness (QED) is 0.816. The molecule has 3 unspecified atom stereocenters. The maximum absolute atomic E-state index is 9.80. The zero-order valence-electron chi connectivity index (χ0n) is 10.3. The van der Waals surface area contributed by atoms with E-state index in [0.29, 0.717) is 5.75 Å². The Bertz CT molecular complexity index is 375. The lowest BCUT2D eigenvalue weighted by Crippen LogP contribution is -2.21. The fraction of sp³-hybridized carbons (Fsp3) is 0.571. The van der Waals surface area contributed by atoms with Gasteiger partial charge in [-0.2, -0.15) is 0 Å². The highest BCUT2D eigenvalue weighted by atomic mass is 16.3. The molecule has 0 heterocycles. The second kappa shape index (κ2) is 4.46. The van der Waals surface area contributed by atoms with E-state index < -0.39 is 0 Å². The molecule has 2 rings (SSSR count). The summed E-state index contributed by atoms with van der Waals surface area (Å²) in [6.07, 6.45) is 1.35. The molecule has 0 aromatic heterocycles. The first-order valence-corrected chi connectivity index (χ1v) is 6.11. The summed E-state index contributed by atoms with van der Waals surface area (Å²) in [6, 6.07) is 6.01. The van der Waals surface area contributed by atoms with Crippen molar-refractivity contribution in [1.82, 2.24) is 5.32 Å². The second-order valence-corrected chi connectivity index (χ2v) is 5.17. The second-order valence-electron chi connectivity index (χ2n) is 5.17. The fourth-order valence-electron chi connectivity index (χ4n) is 2.14. The lowest BCUT2D eigenvalue weighted by Gasteiger charge is -2.16. The third-order valence-corrected chi connectivity index (χ3v) is 3.61. The Hall–Kier alpha value is -1.02. The van der Waals surface area contributed by atoms with Crippen LogP contribution >= 0.6 is 0 Å². The van der Waals surface area contributed by atoms with Crippen LogP contribution in [0.2, 0.25) is 0 Å². The molecular weight excluding hydrogens is 198 g/mol. The molecule has 1 saturated carbocycles. The zero-order valence-corrected chi connectivity index (χ0v) is 10.3. The van der Waals surface area contributed by atoms with Gasteiger partial charge in [-0.3, -0.25) is 0 Å². The maximum Gasteiger partial charge on any atom is 0.120 e. The van der Waals surface area contributed by atoms with Crippen LogP contribution in [0, 0.1) is 18.8 Å². The van der Waals surface area contributed by atoms with Gasteiger partial charge in [-0.05, 0) is 44.7 Å². The molecule has 0 amide bonds. The number of rotatable bonds is 4. The molecule has 0 spiro atoms. The van der Waals surface area contributed by atoms with Crippen molar-refractivity contribution in [3.05, 3.63) is 29.3 Å². The van der Waals surface area contributed by atoms with E-state index in [4.69, 9.17) is 0 Å². The first-order valence-electron chi connectivity index (χ1n) is 6.11. The SMILES string of the molecule is Cc1ccc(O)c(C(C)NCC2CC2C)c1. The van der Waals surface area contributed by atoms with Crippen molar-refractivity contribution >= 4 is 0 Å². The first-order chi connectivity index (χ1) is 7.58. The third-order valence-electron chi connectivity index (χ3n) is 3.61. The third kappa shape index (κ3) is 2.56. The molecule has 3 atom stereocenters. The number of hydrogen-bond donors (Lipinski definition) is 2. The van der Waals surface area contributed by atoms with Gasteiger partial charge in [0.25, 0.3) is 0 Å². The van der Waals surface area contributed by atoms with E-state index >= 15 is 0 Å². The van der Waals surface area contributed by atoms with E-state index in [1.807, 2.05) is 6.07 Å². The molecule has 0 bridgehead atoms. The summed E-state index contributed by atoms with van der Waals surface area (Å²) in [4.78, 5) is 0. The normalized spacial score (nSPS) is 25.4. The summed E-state index contributed by atoms with van der Waals surface area (Å²) in [7, 11) is 0. The summed E-state index contributed by atoms with van der Waals surface area (Å²) in [5.74, 6) is 2.12. The molecule has 0 radical (unpaired) electrons. The van der Waals surface area contributed by atoms with Crippen LogP contribution in [-0.2, 0) is 0 Å². The van der Waals surface area contributed by atoms with Crippen molar-refractivity contribution in [3.63, 3.8) is 0 Å². The largest absolute Gasteiger partial charge is 0.508 e. The van der Waals surface area contributed by atoms with Crippen LogP contribution in [0.1, 0.15) is 37.4 Å². The minimum atomic E-state index is 0.229. The Kier molecular flexibility index (Phi) is 3.20. The van der Waals surface area contributed by atoms with Gasteiger partial charge in [0.1, 0.15) is 5.75 Å². The Balaban J connectivity index is 1.96. The lowest BCUT2D eigenvalue weighted by molar-refractivity contribution is 0.449. The summed E-state index contributed by atoms with van der Waals surface area (Å²) in [6.45, 7) is 7.52. The van der Waals surface area contributed by atoms with Gasteiger partial charge in [0.2, 0.25) is 0 Å². The molecule has 0 aliphatic heterocycles. The molecule has 1 aromatic carbocycles. The Morgan fingerprint density at radius 1 is 1.50 bits per heavy atom. The molecule has 88 valence electrons. The van der Waals surface area contributed by atoms with Gasteiger partial charge >= 0.3 is 0 Å². The predicted octanol–water partition coefficient (Wildman–Crippen LogP) is 3.01. The molecule has 2 heteroatoms. The van der Waals surface area contributed by atoms with Crippen LogP contribution < -0.4 is 5.32 Å². The number of hydrogen-bond acceptors (Lipinski definition) is 2. The highest BCUT2D eigenvalue weighted by molar-refractivity contribution is 5.37. The van der Waals surface area contributed by atoms with Gasteiger partial charge in [-0.25, -0.2) is 0 Å². The highest BCUT2D eigenvalue weighted by Gasteiger charge is 2.32. The van der Waals surface area contributed by atoms with Crippen LogP contribution in [0.15, 0.2) is 18.2 Å². The smallest absolute Gasteiger partial charge is 0.120 e. The maximum atomic E-state index is 9.80. The molecule has 0 saturated heterocycles. The number of aromatic hydroxyl groups is 1. The summed E-state index contributed by atoms with van der Waals surface area (Å²) in [5, 5.41) is 13.3.